The zero-order valence-corrected chi connectivity index (χ0v) is 31.0. The van der Waals surface area contributed by atoms with E-state index in [2.05, 4.69) is 15.5 Å². The monoisotopic (exact) mass is 711 g/mol. The molecule has 0 bridgehead atoms. The van der Waals surface area contributed by atoms with Crippen molar-refractivity contribution >= 4 is 35.0 Å². The number of hydrogen-bond acceptors (Lipinski definition) is 9. The van der Waals surface area contributed by atoms with Crippen molar-refractivity contribution in [1.29, 1.82) is 0 Å². The van der Waals surface area contributed by atoms with Crippen LogP contribution in [0.1, 0.15) is 100 Å². The van der Waals surface area contributed by atoms with Crippen LogP contribution < -0.4 is 15.4 Å². The first-order valence-corrected chi connectivity index (χ1v) is 18.8. The minimum absolute atomic E-state index is 0.0464. The highest BCUT2D eigenvalue weighted by molar-refractivity contribution is 7.10. The molecule has 3 heterocycles. The number of nitrogens with one attached hydrogen (secondary N) is 2. The summed E-state index contributed by atoms with van der Waals surface area (Å²) >= 11 is 1.37. The number of carbonyl (C=O) groups is 4. The van der Waals surface area contributed by atoms with Crippen molar-refractivity contribution in [1.82, 2.24) is 25.4 Å². The van der Waals surface area contributed by atoms with Gasteiger partial charge in [0.15, 0.2) is 0 Å². The molecule has 1 aliphatic carbocycles. The van der Waals surface area contributed by atoms with Crippen LogP contribution in [0, 0.1) is 17.3 Å². The summed E-state index contributed by atoms with van der Waals surface area (Å²) in [5, 5.41) is 17.7. The average Bonchev–Trinajstić information content (AvgIpc) is 3.75. The van der Waals surface area contributed by atoms with Gasteiger partial charge in [-0.3, -0.25) is 19.3 Å². The Kier molecular flexibility index (Phi) is 12.2. The normalized spacial score (nSPS) is 23.4. The van der Waals surface area contributed by atoms with E-state index in [1.54, 1.807) is 43.7 Å². The number of carbonyl (C=O) groups excluding carboxylic acids is 3. The Morgan fingerprint density at radius 2 is 1.74 bits per heavy atom. The molecule has 6 atom stereocenters. The molecule has 2 aliphatic heterocycles. The molecule has 12 nitrogen and oxygen atoms in total. The maximum Gasteiger partial charge on any atom is 0.404 e. The Morgan fingerprint density at radius 3 is 2.36 bits per heavy atom. The van der Waals surface area contributed by atoms with E-state index in [0.29, 0.717) is 41.7 Å². The summed E-state index contributed by atoms with van der Waals surface area (Å²) in [7, 11) is 1.58. The first kappa shape index (κ1) is 37.7. The van der Waals surface area contributed by atoms with Gasteiger partial charge in [0.05, 0.1) is 25.2 Å². The van der Waals surface area contributed by atoms with Crippen molar-refractivity contribution in [3.63, 3.8) is 0 Å². The van der Waals surface area contributed by atoms with E-state index in [0.717, 1.165) is 45.1 Å². The molecular weight excluding hydrogens is 659 g/mol. The summed E-state index contributed by atoms with van der Waals surface area (Å²) in [6.45, 7) is 11.7. The number of benzene rings is 1. The predicted octanol–water partition coefficient (Wildman–Crippen LogP) is 5.13. The Labute approximate surface area is 299 Å². The largest absolute Gasteiger partial charge is 0.497 e. The third kappa shape index (κ3) is 8.66. The van der Waals surface area contributed by atoms with Crippen LogP contribution in [0.3, 0.4) is 0 Å². The maximum atomic E-state index is 15.0. The van der Waals surface area contributed by atoms with Gasteiger partial charge in [-0.25, -0.2) is 9.78 Å². The molecule has 0 radical (unpaired) electrons. The van der Waals surface area contributed by atoms with Crippen LogP contribution in [0.2, 0.25) is 0 Å². The molecule has 2 saturated heterocycles. The van der Waals surface area contributed by atoms with Crippen molar-refractivity contribution in [2.24, 2.45) is 17.3 Å². The number of carboxylic acid groups (broad SMARTS) is 1. The lowest BCUT2D eigenvalue weighted by atomic mass is 9.78. The fourth-order valence-corrected chi connectivity index (χ4v) is 8.86. The molecule has 3 fully saturated rings. The van der Waals surface area contributed by atoms with Gasteiger partial charge in [-0.2, -0.15) is 0 Å². The zero-order valence-electron chi connectivity index (χ0n) is 30.1. The van der Waals surface area contributed by atoms with Gasteiger partial charge in [0, 0.05) is 49.3 Å². The smallest absolute Gasteiger partial charge is 0.404 e. The Hall–Kier alpha value is -3.55. The third-order valence-corrected chi connectivity index (χ3v) is 11.5. The van der Waals surface area contributed by atoms with Gasteiger partial charge in [0.1, 0.15) is 22.5 Å². The van der Waals surface area contributed by atoms with Gasteiger partial charge in [-0.05, 0) is 61.8 Å². The number of methoxy groups -OCH3 is 1. The van der Waals surface area contributed by atoms with Gasteiger partial charge in [0.25, 0.3) is 0 Å². The number of rotatable bonds is 12. The summed E-state index contributed by atoms with van der Waals surface area (Å²) in [4.78, 5) is 63.1. The van der Waals surface area contributed by atoms with Crippen molar-refractivity contribution in [3.8, 4) is 5.75 Å². The van der Waals surface area contributed by atoms with Crippen LogP contribution in [-0.2, 0) is 14.3 Å². The van der Waals surface area contributed by atoms with E-state index < -0.39 is 35.6 Å². The summed E-state index contributed by atoms with van der Waals surface area (Å²) in [6, 6.07) is 5.16. The number of nitrogens with zero attached hydrogens (tertiary/aromatic N) is 3. The highest BCUT2D eigenvalue weighted by Crippen LogP contribution is 2.37. The number of ether oxygens (including phenoxy) is 2. The minimum atomic E-state index is -1.19. The molecule has 274 valence electrons. The van der Waals surface area contributed by atoms with Gasteiger partial charge < -0.3 is 30.1 Å². The fraction of sp³-hybridized carbons (Fsp3) is 0.649. The van der Waals surface area contributed by atoms with E-state index in [9.17, 15) is 24.3 Å². The number of piperazine rings is 1. The van der Waals surface area contributed by atoms with Crippen LogP contribution in [0.15, 0.2) is 29.6 Å². The van der Waals surface area contributed by atoms with Crippen LogP contribution in [0.25, 0.3) is 0 Å². The lowest BCUT2D eigenvalue weighted by molar-refractivity contribution is -0.145. The molecule has 50 heavy (non-hydrogen) atoms. The number of amides is 3. The van der Waals surface area contributed by atoms with Crippen LogP contribution in [0.4, 0.5) is 4.79 Å². The number of aromatic nitrogens is 1. The van der Waals surface area contributed by atoms with Crippen molar-refractivity contribution < 1.29 is 33.8 Å². The number of fused-ring (bicyclic) bond motifs is 1. The molecule has 2 aromatic rings. The van der Waals surface area contributed by atoms with Gasteiger partial charge >= 0.3 is 6.09 Å². The molecule has 5 rings (SSSR count). The Balaban J connectivity index is 1.45. The first-order valence-electron chi connectivity index (χ1n) is 17.9. The quantitative estimate of drug-likeness (QED) is 0.255. The molecule has 1 unspecified atom stereocenters. The fourth-order valence-electron chi connectivity index (χ4n) is 7.96. The SMILES string of the molecule is CCO[C@@H]1C[C@@H]2CN(C(=O)[C@@H](NC(=O)[C@@H](C)C(NC(=O)O)C(C)(C)C)C3CCCCC3)[C@H](c3nc(C(=O)c4ccc(OC)cc4)cs3)CN2C1. The molecule has 3 N–H and O–H groups in total. The molecule has 13 heteroatoms. The molecule has 0 spiro atoms. The van der Waals surface area contributed by atoms with Crippen molar-refractivity contribution in [3.05, 3.63) is 45.9 Å². The predicted molar refractivity (Wildman–Crippen MR) is 190 cm³/mol. The minimum Gasteiger partial charge on any atom is -0.497 e. The van der Waals surface area contributed by atoms with Gasteiger partial charge in [-0.15, -0.1) is 11.3 Å². The Bertz CT molecular complexity index is 1500. The molecule has 1 aromatic carbocycles. The van der Waals surface area contributed by atoms with Crippen molar-refractivity contribution in [2.45, 2.75) is 103 Å². The van der Waals surface area contributed by atoms with Crippen molar-refractivity contribution in [2.75, 3.05) is 33.4 Å². The lowest BCUT2D eigenvalue weighted by Crippen LogP contribution is -2.61. The number of ketones is 1. The summed E-state index contributed by atoms with van der Waals surface area (Å²) in [6.07, 6.45) is 4.35. The summed E-state index contributed by atoms with van der Waals surface area (Å²) in [5.41, 5.74) is 0.286. The average molecular weight is 712 g/mol. The van der Waals surface area contributed by atoms with E-state index in [1.165, 1.54) is 11.3 Å². The Morgan fingerprint density at radius 1 is 1.04 bits per heavy atom. The summed E-state index contributed by atoms with van der Waals surface area (Å²) < 4.78 is 11.3. The van der Waals surface area contributed by atoms with E-state index in [4.69, 9.17) is 14.5 Å². The van der Waals surface area contributed by atoms with E-state index in [-0.39, 0.29) is 35.7 Å². The molecule has 3 amide bonds. The maximum absolute atomic E-state index is 15.0. The standard InChI is InChI=1S/C37H53N5O7S/c1-7-49-27-17-25-18-42(29(20-41(25)19-27)34-38-28(21-50-34)31(43)24-13-15-26(48-6)16-14-24)35(45)30(23-11-9-8-10-12-23)39-33(44)22(2)32(37(3,4)5)40-36(46)47/h13-16,21-23,25,27,29-30,32,40H,7-12,17-20H2,1-6H3,(H,39,44)(H,46,47)/t22-,25+,27+,29-,30-,32?/m0/s1. The zero-order chi connectivity index (χ0) is 36.2. The van der Waals surface area contributed by atoms with Crippen LogP contribution in [0.5, 0.6) is 5.75 Å². The van der Waals surface area contributed by atoms with Gasteiger partial charge in [0.2, 0.25) is 17.6 Å². The van der Waals surface area contributed by atoms with Gasteiger partial charge in [-0.1, -0.05) is 47.0 Å². The lowest BCUT2D eigenvalue weighted by Gasteiger charge is -2.45. The first-order chi connectivity index (χ1) is 23.8. The molecule has 3 aliphatic rings. The molecule has 1 aromatic heterocycles. The molecular formula is C37H53N5O7S. The molecule has 1 saturated carbocycles. The number of hydrogen-bond donors (Lipinski definition) is 3. The third-order valence-electron chi connectivity index (χ3n) is 10.6. The number of thiazole rings is 1. The second-order valence-electron chi connectivity index (χ2n) is 15.0. The van der Waals surface area contributed by atoms with Crippen LogP contribution in [-0.4, -0.2) is 101 Å². The highest BCUT2D eigenvalue weighted by atomic mass is 32.1. The van der Waals surface area contributed by atoms with Crippen LogP contribution >= 0.6 is 11.3 Å². The van der Waals surface area contributed by atoms with E-state index >= 15 is 0 Å². The van der Waals surface area contributed by atoms with E-state index in [1.807, 2.05) is 32.6 Å². The highest BCUT2D eigenvalue weighted by Gasteiger charge is 2.47. The summed E-state index contributed by atoms with van der Waals surface area (Å²) in [5.74, 6) is -0.817. The second kappa shape index (κ2) is 16.2. The second-order valence-corrected chi connectivity index (χ2v) is 15.9. The topological polar surface area (TPSA) is 150 Å².